The first-order valence-corrected chi connectivity index (χ1v) is 7.48. The van der Waals surface area contributed by atoms with E-state index in [1.807, 2.05) is 36.4 Å². The van der Waals surface area contributed by atoms with Crippen LogP contribution in [0.2, 0.25) is 5.15 Å². The zero-order valence-electron chi connectivity index (χ0n) is 10.6. The Kier molecular flexibility index (Phi) is 3.76. The third-order valence-electron chi connectivity index (χ3n) is 2.92. The van der Waals surface area contributed by atoms with Gasteiger partial charge in [0.25, 0.3) is 0 Å². The summed E-state index contributed by atoms with van der Waals surface area (Å²) in [6, 6.07) is 13.7. The zero-order chi connectivity index (χ0) is 13.9. The molecule has 0 fully saturated rings. The molecule has 2 N–H and O–H groups in total. The van der Waals surface area contributed by atoms with Gasteiger partial charge < -0.3 is 5.73 Å². The first kappa shape index (κ1) is 13.2. The van der Waals surface area contributed by atoms with Gasteiger partial charge in [0.2, 0.25) is 0 Å². The maximum absolute atomic E-state index is 6.23. The summed E-state index contributed by atoms with van der Waals surface area (Å²) >= 11 is 7.80. The number of nitrogens with two attached hydrogens (primary N) is 1. The van der Waals surface area contributed by atoms with Crippen LogP contribution in [0, 0.1) is 0 Å². The monoisotopic (exact) mass is 301 g/mol. The largest absolute Gasteiger partial charge is 0.397 e. The van der Waals surface area contributed by atoms with Gasteiger partial charge in [-0.25, -0.2) is 9.97 Å². The minimum atomic E-state index is 0.533. The number of halogens is 1. The molecule has 1 aromatic carbocycles. The van der Waals surface area contributed by atoms with Crippen molar-refractivity contribution in [2.45, 2.75) is 10.8 Å². The minimum absolute atomic E-state index is 0.533. The van der Waals surface area contributed by atoms with Gasteiger partial charge >= 0.3 is 0 Å². The van der Waals surface area contributed by atoms with Crippen molar-refractivity contribution in [1.82, 2.24) is 9.97 Å². The summed E-state index contributed by atoms with van der Waals surface area (Å²) in [7, 11) is 0. The molecule has 100 valence electrons. The van der Waals surface area contributed by atoms with E-state index in [4.69, 9.17) is 17.3 Å². The predicted molar refractivity (Wildman–Crippen MR) is 85.0 cm³/mol. The molecule has 0 radical (unpaired) electrons. The highest BCUT2D eigenvalue weighted by molar-refractivity contribution is 7.98. The molecule has 2 heterocycles. The highest BCUT2D eigenvalue weighted by atomic mass is 35.5. The number of thioether (sulfide) groups is 1. The third-order valence-corrected chi connectivity index (χ3v) is 4.31. The minimum Gasteiger partial charge on any atom is -0.397 e. The van der Waals surface area contributed by atoms with Crippen LogP contribution in [-0.4, -0.2) is 9.97 Å². The van der Waals surface area contributed by atoms with E-state index in [1.54, 1.807) is 18.0 Å². The normalized spacial score (nSPS) is 10.8. The van der Waals surface area contributed by atoms with E-state index in [0.717, 1.165) is 21.5 Å². The first-order chi connectivity index (χ1) is 9.74. The highest BCUT2D eigenvalue weighted by Crippen LogP contribution is 2.29. The number of nitrogens with zero attached hydrogens (tertiary/aromatic N) is 2. The molecule has 0 saturated heterocycles. The summed E-state index contributed by atoms with van der Waals surface area (Å²) in [4.78, 5) is 8.67. The number of benzene rings is 1. The second-order valence-corrected chi connectivity index (χ2v) is 5.64. The van der Waals surface area contributed by atoms with Crippen molar-refractivity contribution >= 4 is 40.0 Å². The summed E-state index contributed by atoms with van der Waals surface area (Å²) in [6.45, 7) is 0. The molecule has 0 bridgehead atoms. The fourth-order valence-corrected chi connectivity index (χ4v) is 3.08. The van der Waals surface area contributed by atoms with Crippen molar-refractivity contribution < 1.29 is 0 Å². The molecule has 0 aliphatic heterocycles. The Balaban J connectivity index is 1.87. The molecule has 2 aromatic heterocycles. The van der Waals surface area contributed by atoms with Crippen molar-refractivity contribution in [1.29, 1.82) is 0 Å². The van der Waals surface area contributed by atoms with E-state index >= 15 is 0 Å². The standard InChI is InChI=1S/C15H12ClN3S/c16-14-11(8-10-4-1-2-6-13(10)19-14)9-20-15-12(17)5-3-7-18-15/h1-8H,9,17H2. The molecule has 0 atom stereocenters. The average molecular weight is 302 g/mol. The Morgan fingerprint density at radius 2 is 2.00 bits per heavy atom. The van der Waals surface area contributed by atoms with E-state index in [-0.39, 0.29) is 0 Å². The number of para-hydroxylation sites is 1. The Labute approximate surface area is 126 Å². The quantitative estimate of drug-likeness (QED) is 0.583. The molecule has 0 unspecified atom stereocenters. The Bertz CT molecular complexity index is 761. The van der Waals surface area contributed by atoms with Crippen LogP contribution in [0.25, 0.3) is 10.9 Å². The fourth-order valence-electron chi connectivity index (χ4n) is 1.91. The topological polar surface area (TPSA) is 51.8 Å². The lowest BCUT2D eigenvalue weighted by Crippen LogP contribution is -1.93. The average Bonchev–Trinajstić information content (AvgIpc) is 2.46. The number of anilines is 1. The number of aromatic nitrogens is 2. The zero-order valence-corrected chi connectivity index (χ0v) is 12.2. The number of hydrogen-bond donors (Lipinski definition) is 1. The summed E-state index contributed by atoms with van der Waals surface area (Å²) in [5.41, 5.74) is 8.46. The van der Waals surface area contributed by atoms with Gasteiger partial charge in [0.15, 0.2) is 0 Å². The van der Waals surface area contributed by atoms with Crippen molar-refractivity contribution in [3.8, 4) is 0 Å². The number of hydrogen-bond acceptors (Lipinski definition) is 4. The van der Waals surface area contributed by atoms with Crippen LogP contribution in [0.4, 0.5) is 5.69 Å². The lowest BCUT2D eigenvalue weighted by atomic mass is 10.2. The smallest absolute Gasteiger partial charge is 0.133 e. The Morgan fingerprint density at radius 3 is 2.85 bits per heavy atom. The molecule has 0 aliphatic rings. The highest BCUT2D eigenvalue weighted by Gasteiger charge is 2.07. The van der Waals surface area contributed by atoms with E-state index in [2.05, 4.69) is 16.0 Å². The van der Waals surface area contributed by atoms with Gasteiger partial charge in [-0.2, -0.15) is 0 Å². The van der Waals surface area contributed by atoms with Crippen molar-refractivity contribution in [3.05, 3.63) is 59.4 Å². The number of nitrogen functional groups attached to an aromatic ring is 1. The molecule has 0 amide bonds. The van der Waals surface area contributed by atoms with Crippen molar-refractivity contribution in [3.63, 3.8) is 0 Å². The van der Waals surface area contributed by atoms with Gasteiger partial charge in [0.1, 0.15) is 10.2 Å². The molecule has 3 aromatic rings. The lowest BCUT2D eigenvalue weighted by Gasteiger charge is -2.07. The molecule has 0 spiro atoms. The second kappa shape index (κ2) is 5.69. The van der Waals surface area contributed by atoms with Crippen LogP contribution in [0.1, 0.15) is 5.56 Å². The van der Waals surface area contributed by atoms with E-state index in [9.17, 15) is 0 Å². The summed E-state index contributed by atoms with van der Waals surface area (Å²) < 4.78 is 0. The van der Waals surface area contributed by atoms with Gasteiger partial charge in [0, 0.05) is 22.9 Å². The number of pyridine rings is 2. The molecule has 3 nitrogen and oxygen atoms in total. The molecular formula is C15H12ClN3S. The lowest BCUT2D eigenvalue weighted by molar-refractivity contribution is 1.14. The first-order valence-electron chi connectivity index (χ1n) is 6.11. The third kappa shape index (κ3) is 2.71. The van der Waals surface area contributed by atoms with Gasteiger partial charge in [-0.1, -0.05) is 41.6 Å². The van der Waals surface area contributed by atoms with Gasteiger partial charge in [-0.15, -0.1) is 0 Å². The predicted octanol–water partition coefficient (Wildman–Crippen LogP) is 4.16. The van der Waals surface area contributed by atoms with E-state index < -0.39 is 0 Å². The van der Waals surface area contributed by atoms with E-state index in [0.29, 0.717) is 16.6 Å². The maximum Gasteiger partial charge on any atom is 0.133 e. The molecule has 0 saturated carbocycles. The summed E-state index contributed by atoms with van der Waals surface area (Å²) in [5, 5.41) is 2.43. The second-order valence-electron chi connectivity index (χ2n) is 4.32. The number of fused-ring (bicyclic) bond motifs is 1. The molecule has 20 heavy (non-hydrogen) atoms. The summed E-state index contributed by atoms with van der Waals surface area (Å²) in [6.07, 6.45) is 1.74. The van der Waals surface area contributed by atoms with E-state index in [1.165, 1.54) is 0 Å². The maximum atomic E-state index is 6.23. The molecule has 5 heteroatoms. The Hall–Kier alpha value is -1.78. The Morgan fingerprint density at radius 1 is 1.15 bits per heavy atom. The molecular weight excluding hydrogens is 290 g/mol. The van der Waals surface area contributed by atoms with Crippen LogP contribution in [0.15, 0.2) is 53.7 Å². The SMILES string of the molecule is Nc1cccnc1SCc1cc2ccccc2nc1Cl. The van der Waals surface area contributed by atoms with Crippen LogP contribution in [0.3, 0.4) is 0 Å². The van der Waals surface area contributed by atoms with Crippen molar-refractivity contribution in [2.24, 2.45) is 0 Å². The van der Waals surface area contributed by atoms with Gasteiger partial charge in [-0.05, 0) is 24.3 Å². The number of rotatable bonds is 3. The van der Waals surface area contributed by atoms with Crippen molar-refractivity contribution in [2.75, 3.05) is 5.73 Å². The van der Waals surface area contributed by atoms with Crippen LogP contribution >= 0.6 is 23.4 Å². The van der Waals surface area contributed by atoms with Crippen LogP contribution in [-0.2, 0) is 5.75 Å². The fraction of sp³-hybridized carbons (Fsp3) is 0.0667. The molecule has 0 aliphatic carbocycles. The van der Waals surface area contributed by atoms with Crippen LogP contribution < -0.4 is 5.73 Å². The van der Waals surface area contributed by atoms with Gasteiger partial charge in [0.05, 0.1) is 11.2 Å². The summed E-state index contributed by atoms with van der Waals surface area (Å²) in [5.74, 6) is 0.692. The van der Waals surface area contributed by atoms with Crippen LogP contribution in [0.5, 0.6) is 0 Å². The van der Waals surface area contributed by atoms with Gasteiger partial charge in [-0.3, -0.25) is 0 Å². The molecule has 3 rings (SSSR count).